The van der Waals surface area contributed by atoms with Gasteiger partial charge in [0.05, 0.1) is 6.26 Å². The summed E-state index contributed by atoms with van der Waals surface area (Å²) in [6, 6.07) is 11.0. The van der Waals surface area contributed by atoms with E-state index in [9.17, 15) is 8.42 Å². The fraction of sp³-hybridized carbons (Fsp3) is 0.647. The summed E-state index contributed by atoms with van der Waals surface area (Å²) in [5.41, 5.74) is 1.28. The summed E-state index contributed by atoms with van der Waals surface area (Å²) in [7, 11) is -3.16. The number of hydrogen-bond acceptors (Lipinski definition) is 3. The lowest BCUT2D eigenvalue weighted by atomic mass is 9.69. The Bertz CT molecular complexity index is 629. The van der Waals surface area contributed by atoms with Gasteiger partial charge in [-0.25, -0.2) is 8.42 Å². The van der Waals surface area contributed by atoms with Crippen molar-refractivity contribution in [2.45, 2.75) is 44.2 Å². The molecule has 0 radical (unpaired) electrons. The number of benzene rings is 1. The van der Waals surface area contributed by atoms with E-state index in [1.54, 1.807) is 4.31 Å². The quantitative estimate of drug-likeness (QED) is 0.855. The lowest BCUT2D eigenvalue weighted by molar-refractivity contribution is 0.0923. The van der Waals surface area contributed by atoms with E-state index in [1.807, 2.05) is 6.07 Å². The molecule has 0 saturated carbocycles. The van der Waals surface area contributed by atoms with Crippen LogP contribution in [0.3, 0.4) is 0 Å². The maximum absolute atomic E-state index is 12.2. The monoisotopic (exact) mass is 322 g/mol. The van der Waals surface area contributed by atoms with E-state index in [0.29, 0.717) is 12.6 Å². The van der Waals surface area contributed by atoms with Gasteiger partial charge in [-0.1, -0.05) is 30.3 Å². The molecule has 0 aromatic heterocycles. The highest BCUT2D eigenvalue weighted by Gasteiger charge is 2.53. The zero-order valence-corrected chi connectivity index (χ0v) is 14.5. The van der Waals surface area contributed by atoms with E-state index in [2.05, 4.69) is 43.0 Å². The first-order chi connectivity index (χ1) is 10.3. The molecule has 0 N–H and O–H groups in total. The van der Waals surface area contributed by atoms with Crippen LogP contribution in [0.2, 0.25) is 0 Å². The van der Waals surface area contributed by atoms with Gasteiger partial charge in [0.15, 0.2) is 0 Å². The van der Waals surface area contributed by atoms with Crippen molar-refractivity contribution < 1.29 is 8.42 Å². The van der Waals surface area contributed by atoms with Crippen molar-refractivity contribution in [2.24, 2.45) is 0 Å². The SMILES string of the molecule is CC(C)N1CC[C@@]2(c3ccccc3)CCN(S(C)(=O)=O)[C@@H]2C1. The average molecular weight is 322 g/mol. The largest absolute Gasteiger partial charge is 0.299 e. The minimum absolute atomic E-state index is 0.0181. The van der Waals surface area contributed by atoms with Crippen molar-refractivity contribution in [2.75, 3.05) is 25.9 Å². The van der Waals surface area contributed by atoms with Crippen LogP contribution in [0.25, 0.3) is 0 Å². The number of nitrogens with zero attached hydrogens (tertiary/aromatic N) is 2. The highest BCUT2D eigenvalue weighted by molar-refractivity contribution is 7.88. The molecule has 22 heavy (non-hydrogen) atoms. The fourth-order valence-corrected chi connectivity index (χ4v) is 5.39. The molecule has 3 rings (SSSR count). The zero-order valence-electron chi connectivity index (χ0n) is 13.7. The van der Waals surface area contributed by atoms with Crippen LogP contribution in [-0.4, -0.2) is 55.6 Å². The van der Waals surface area contributed by atoms with Gasteiger partial charge in [-0.15, -0.1) is 0 Å². The Kier molecular flexibility index (Phi) is 4.08. The Morgan fingerprint density at radius 1 is 1.14 bits per heavy atom. The highest BCUT2D eigenvalue weighted by atomic mass is 32.2. The second-order valence-corrected chi connectivity index (χ2v) is 8.94. The molecule has 0 bridgehead atoms. The van der Waals surface area contributed by atoms with Gasteiger partial charge in [-0.05, 0) is 38.8 Å². The normalized spacial score (nSPS) is 30.6. The molecule has 4 nitrogen and oxygen atoms in total. The molecule has 2 atom stereocenters. The van der Waals surface area contributed by atoms with Crippen LogP contribution in [0.4, 0.5) is 0 Å². The van der Waals surface area contributed by atoms with Gasteiger partial charge < -0.3 is 0 Å². The van der Waals surface area contributed by atoms with Gasteiger partial charge in [0.1, 0.15) is 0 Å². The second-order valence-electron chi connectivity index (χ2n) is 7.00. The Hall–Kier alpha value is -0.910. The van der Waals surface area contributed by atoms with Crippen molar-refractivity contribution in [1.82, 2.24) is 9.21 Å². The van der Waals surface area contributed by atoms with E-state index >= 15 is 0 Å². The van der Waals surface area contributed by atoms with Crippen molar-refractivity contribution in [3.63, 3.8) is 0 Å². The summed E-state index contributed by atoms with van der Waals surface area (Å²) in [6.45, 7) is 6.90. The van der Waals surface area contributed by atoms with Crippen molar-refractivity contribution in [1.29, 1.82) is 0 Å². The predicted molar refractivity (Wildman–Crippen MR) is 89.4 cm³/mol. The second kappa shape index (κ2) is 5.62. The van der Waals surface area contributed by atoms with Gasteiger partial charge in [-0.2, -0.15) is 4.31 Å². The molecule has 0 aliphatic carbocycles. The lowest BCUT2D eigenvalue weighted by Gasteiger charge is -2.47. The lowest BCUT2D eigenvalue weighted by Crippen LogP contribution is -2.57. The van der Waals surface area contributed by atoms with Crippen LogP contribution >= 0.6 is 0 Å². The molecule has 2 aliphatic rings. The predicted octanol–water partition coefficient (Wildman–Crippen LogP) is 2.07. The van der Waals surface area contributed by atoms with Gasteiger partial charge in [0.2, 0.25) is 10.0 Å². The summed E-state index contributed by atoms with van der Waals surface area (Å²) in [6.07, 6.45) is 3.31. The summed E-state index contributed by atoms with van der Waals surface area (Å²) >= 11 is 0. The van der Waals surface area contributed by atoms with E-state index in [0.717, 1.165) is 25.9 Å². The molecule has 2 fully saturated rings. The molecule has 5 heteroatoms. The Morgan fingerprint density at radius 2 is 1.77 bits per heavy atom. The Labute approximate surface area is 134 Å². The van der Waals surface area contributed by atoms with Crippen LogP contribution in [0.15, 0.2) is 30.3 Å². The van der Waals surface area contributed by atoms with Gasteiger partial charge in [0, 0.05) is 30.6 Å². The number of sulfonamides is 1. The molecule has 2 heterocycles. The number of rotatable bonds is 3. The summed E-state index contributed by atoms with van der Waals surface area (Å²) in [5.74, 6) is 0. The van der Waals surface area contributed by atoms with Gasteiger partial charge in [-0.3, -0.25) is 4.90 Å². The number of likely N-dealkylation sites (tertiary alicyclic amines) is 1. The van der Waals surface area contributed by atoms with Crippen LogP contribution in [0.5, 0.6) is 0 Å². The molecule has 1 aromatic carbocycles. The van der Waals surface area contributed by atoms with Crippen molar-refractivity contribution in [3.8, 4) is 0 Å². The van der Waals surface area contributed by atoms with E-state index in [4.69, 9.17) is 0 Å². The van der Waals surface area contributed by atoms with E-state index < -0.39 is 10.0 Å². The summed E-state index contributed by atoms with van der Waals surface area (Å²) in [4.78, 5) is 2.41. The number of hydrogen-bond donors (Lipinski definition) is 0. The van der Waals surface area contributed by atoms with E-state index in [1.165, 1.54) is 11.8 Å². The molecule has 0 spiro atoms. The van der Waals surface area contributed by atoms with Crippen molar-refractivity contribution >= 4 is 10.0 Å². The third kappa shape index (κ3) is 2.59. The minimum Gasteiger partial charge on any atom is -0.299 e. The number of fused-ring (bicyclic) bond motifs is 1. The standard InChI is InChI=1S/C17H26N2O2S/c1-14(2)18-11-9-17(15-7-5-4-6-8-15)10-12-19(16(17)13-18)22(3,20)21/h4-8,14,16H,9-13H2,1-3H3/t16-,17+/m1/s1. The fourth-order valence-electron chi connectivity index (χ4n) is 4.24. The van der Waals surface area contributed by atoms with Crippen LogP contribution < -0.4 is 0 Å². The minimum atomic E-state index is -3.16. The topological polar surface area (TPSA) is 40.6 Å². The number of piperidine rings is 1. The molecule has 122 valence electrons. The smallest absolute Gasteiger partial charge is 0.211 e. The van der Waals surface area contributed by atoms with Crippen molar-refractivity contribution in [3.05, 3.63) is 35.9 Å². The summed E-state index contributed by atoms with van der Waals surface area (Å²) < 4.78 is 26.2. The average Bonchev–Trinajstić information content (AvgIpc) is 2.87. The first-order valence-corrected chi connectivity index (χ1v) is 9.96. The van der Waals surface area contributed by atoms with Crippen LogP contribution in [0.1, 0.15) is 32.3 Å². The Morgan fingerprint density at radius 3 is 2.36 bits per heavy atom. The van der Waals surface area contributed by atoms with Gasteiger partial charge in [0.25, 0.3) is 0 Å². The molecular weight excluding hydrogens is 296 g/mol. The zero-order chi connectivity index (χ0) is 16.0. The first-order valence-electron chi connectivity index (χ1n) is 8.11. The maximum Gasteiger partial charge on any atom is 0.211 e. The van der Waals surface area contributed by atoms with Crippen LogP contribution in [0, 0.1) is 0 Å². The highest BCUT2D eigenvalue weighted by Crippen LogP contribution is 2.46. The molecule has 1 aromatic rings. The third-order valence-corrected chi connectivity index (χ3v) is 6.81. The molecule has 0 unspecified atom stereocenters. The summed E-state index contributed by atoms with van der Waals surface area (Å²) in [5, 5.41) is 0. The molecule has 2 aliphatic heterocycles. The van der Waals surface area contributed by atoms with Crippen LogP contribution in [-0.2, 0) is 15.4 Å². The third-order valence-electron chi connectivity index (χ3n) is 5.52. The first kappa shape index (κ1) is 16.0. The molecule has 2 saturated heterocycles. The van der Waals surface area contributed by atoms with Gasteiger partial charge >= 0.3 is 0 Å². The van der Waals surface area contributed by atoms with E-state index in [-0.39, 0.29) is 11.5 Å². The Balaban J connectivity index is 2.02. The molecule has 0 amide bonds. The molecular formula is C17H26N2O2S. The maximum atomic E-state index is 12.2.